The van der Waals surface area contributed by atoms with Gasteiger partial charge >= 0.3 is 0 Å². The molecule has 0 spiro atoms. The third-order valence-corrected chi connectivity index (χ3v) is 4.41. The standard InChI is InChI=1S/C13H28N4O4/c1-5(14)9-3-2-6(15)13(20-9)21-12-8(17)4-7(16)10(18)11(12)19/h5-13,18-19H,2-4,14-17H2,1H3/t5-,6-,7-,8+,9?,10+,11-,12-,13-/m1/s1. The van der Waals surface area contributed by atoms with Crippen molar-refractivity contribution in [2.24, 2.45) is 22.9 Å². The van der Waals surface area contributed by atoms with Crippen molar-refractivity contribution in [3.05, 3.63) is 0 Å². The van der Waals surface area contributed by atoms with Gasteiger partial charge in [0.05, 0.1) is 18.2 Å². The lowest BCUT2D eigenvalue weighted by atomic mass is 9.84. The first-order chi connectivity index (χ1) is 9.81. The van der Waals surface area contributed by atoms with E-state index in [2.05, 4.69) is 0 Å². The Morgan fingerprint density at radius 3 is 2.33 bits per heavy atom. The fourth-order valence-electron chi connectivity index (χ4n) is 2.98. The summed E-state index contributed by atoms with van der Waals surface area (Å²) in [5, 5.41) is 20.0. The van der Waals surface area contributed by atoms with Crippen LogP contribution in [0.2, 0.25) is 0 Å². The molecule has 0 amide bonds. The molecule has 2 fully saturated rings. The summed E-state index contributed by atoms with van der Waals surface area (Å²) in [6.45, 7) is 1.86. The van der Waals surface area contributed by atoms with Crippen molar-refractivity contribution in [3.8, 4) is 0 Å². The SMILES string of the molecule is C[C@@H](N)C1CC[C@@H](N)[C@@H](O[C@H]2[C@H](O)[C@@H](O)[C@H](N)C[C@@H]2N)O1. The molecule has 0 aromatic rings. The fraction of sp³-hybridized carbons (Fsp3) is 1.00. The fourth-order valence-corrected chi connectivity index (χ4v) is 2.98. The number of ether oxygens (including phenoxy) is 2. The molecule has 0 aromatic carbocycles. The van der Waals surface area contributed by atoms with E-state index in [-0.39, 0.29) is 18.2 Å². The largest absolute Gasteiger partial charge is 0.389 e. The van der Waals surface area contributed by atoms with Crippen molar-refractivity contribution in [2.45, 2.75) is 81.1 Å². The van der Waals surface area contributed by atoms with Crippen molar-refractivity contribution in [1.29, 1.82) is 0 Å². The first-order valence-electron chi connectivity index (χ1n) is 7.50. The minimum absolute atomic E-state index is 0.132. The van der Waals surface area contributed by atoms with Gasteiger partial charge in [0.25, 0.3) is 0 Å². The predicted octanol–water partition coefficient (Wildman–Crippen LogP) is -2.67. The van der Waals surface area contributed by atoms with Crippen molar-refractivity contribution in [3.63, 3.8) is 0 Å². The van der Waals surface area contributed by atoms with Crippen molar-refractivity contribution < 1.29 is 19.7 Å². The van der Waals surface area contributed by atoms with Crippen LogP contribution in [0.1, 0.15) is 26.2 Å². The van der Waals surface area contributed by atoms with Gasteiger partial charge in [0, 0.05) is 18.1 Å². The van der Waals surface area contributed by atoms with E-state index in [1.54, 1.807) is 0 Å². The molecule has 1 saturated heterocycles. The topological polar surface area (TPSA) is 163 Å². The monoisotopic (exact) mass is 304 g/mol. The number of hydrogen-bond donors (Lipinski definition) is 6. The summed E-state index contributed by atoms with van der Waals surface area (Å²) in [5.41, 5.74) is 23.6. The molecule has 0 aromatic heterocycles. The van der Waals surface area contributed by atoms with Gasteiger partial charge in [-0.2, -0.15) is 0 Å². The molecule has 0 radical (unpaired) electrons. The Bertz CT molecular complexity index is 346. The molecular weight excluding hydrogens is 276 g/mol. The van der Waals surface area contributed by atoms with Crippen LogP contribution in [0.5, 0.6) is 0 Å². The highest BCUT2D eigenvalue weighted by Gasteiger charge is 2.44. The predicted molar refractivity (Wildman–Crippen MR) is 77.0 cm³/mol. The van der Waals surface area contributed by atoms with Gasteiger partial charge in [0.2, 0.25) is 0 Å². The minimum Gasteiger partial charge on any atom is -0.389 e. The normalized spacial score (nSPS) is 49.9. The van der Waals surface area contributed by atoms with Gasteiger partial charge in [-0.05, 0) is 26.2 Å². The minimum atomic E-state index is -1.16. The molecule has 1 aliphatic carbocycles. The molecule has 124 valence electrons. The Hall–Kier alpha value is -0.320. The Balaban J connectivity index is 2.01. The first kappa shape index (κ1) is 17.0. The summed E-state index contributed by atoms with van der Waals surface area (Å²) in [6.07, 6.45) is -1.97. The van der Waals surface area contributed by atoms with Crippen LogP contribution >= 0.6 is 0 Å². The molecule has 9 atom stereocenters. The van der Waals surface area contributed by atoms with Crippen molar-refractivity contribution in [1.82, 2.24) is 0 Å². The van der Waals surface area contributed by atoms with E-state index in [9.17, 15) is 10.2 Å². The van der Waals surface area contributed by atoms with Gasteiger partial charge in [-0.3, -0.25) is 0 Å². The van der Waals surface area contributed by atoms with Crippen LogP contribution in [0.15, 0.2) is 0 Å². The zero-order valence-electron chi connectivity index (χ0n) is 12.3. The molecule has 8 nitrogen and oxygen atoms in total. The van der Waals surface area contributed by atoms with E-state index in [1.165, 1.54) is 0 Å². The highest BCUT2D eigenvalue weighted by atomic mass is 16.7. The van der Waals surface area contributed by atoms with Gasteiger partial charge in [-0.1, -0.05) is 0 Å². The summed E-state index contributed by atoms with van der Waals surface area (Å²) in [6, 6.07) is -1.49. The summed E-state index contributed by atoms with van der Waals surface area (Å²) in [4.78, 5) is 0. The third-order valence-electron chi connectivity index (χ3n) is 4.41. The number of rotatable bonds is 3. The first-order valence-corrected chi connectivity index (χ1v) is 7.50. The second kappa shape index (κ2) is 6.84. The summed E-state index contributed by atoms with van der Waals surface area (Å²) < 4.78 is 11.5. The Morgan fingerprint density at radius 1 is 1.05 bits per heavy atom. The van der Waals surface area contributed by atoms with Gasteiger partial charge < -0.3 is 42.6 Å². The summed E-state index contributed by atoms with van der Waals surface area (Å²) in [7, 11) is 0. The van der Waals surface area contributed by atoms with E-state index in [4.69, 9.17) is 32.4 Å². The number of aliphatic hydroxyl groups is 2. The maximum atomic E-state index is 10.1. The van der Waals surface area contributed by atoms with Crippen molar-refractivity contribution in [2.75, 3.05) is 0 Å². The maximum Gasteiger partial charge on any atom is 0.173 e. The van der Waals surface area contributed by atoms with Crippen LogP contribution in [0.25, 0.3) is 0 Å². The lowest BCUT2D eigenvalue weighted by molar-refractivity contribution is -0.255. The molecule has 2 aliphatic rings. The van der Waals surface area contributed by atoms with E-state index in [1.807, 2.05) is 6.92 Å². The number of aliphatic hydroxyl groups excluding tert-OH is 2. The molecule has 1 heterocycles. The summed E-state index contributed by atoms with van der Waals surface area (Å²) in [5.74, 6) is 0. The van der Waals surface area contributed by atoms with E-state index < -0.39 is 36.7 Å². The van der Waals surface area contributed by atoms with Gasteiger partial charge in [-0.15, -0.1) is 0 Å². The lowest BCUT2D eigenvalue weighted by Gasteiger charge is -2.44. The lowest BCUT2D eigenvalue weighted by Crippen LogP contribution is -2.64. The van der Waals surface area contributed by atoms with Crippen LogP contribution in [0.4, 0.5) is 0 Å². The molecule has 8 heteroatoms. The molecule has 2 rings (SSSR count). The Labute approximate surface area is 124 Å². The van der Waals surface area contributed by atoms with Crippen LogP contribution in [0, 0.1) is 0 Å². The van der Waals surface area contributed by atoms with E-state index in [0.29, 0.717) is 6.42 Å². The average molecular weight is 304 g/mol. The van der Waals surface area contributed by atoms with E-state index in [0.717, 1.165) is 12.8 Å². The quantitative estimate of drug-likeness (QED) is 0.329. The van der Waals surface area contributed by atoms with E-state index >= 15 is 0 Å². The maximum absolute atomic E-state index is 10.1. The Kier molecular flexibility index (Phi) is 5.55. The van der Waals surface area contributed by atoms with Crippen LogP contribution in [0.3, 0.4) is 0 Å². The van der Waals surface area contributed by atoms with Gasteiger partial charge in [-0.25, -0.2) is 0 Å². The Morgan fingerprint density at radius 2 is 1.71 bits per heavy atom. The second-order valence-corrected chi connectivity index (χ2v) is 6.29. The summed E-state index contributed by atoms with van der Waals surface area (Å²) >= 11 is 0. The molecule has 1 unspecified atom stereocenters. The second-order valence-electron chi connectivity index (χ2n) is 6.29. The molecular formula is C13H28N4O4. The zero-order chi connectivity index (χ0) is 15.7. The molecule has 21 heavy (non-hydrogen) atoms. The highest BCUT2D eigenvalue weighted by Crippen LogP contribution is 2.27. The molecule has 0 bridgehead atoms. The average Bonchev–Trinajstić information content (AvgIpc) is 2.42. The van der Waals surface area contributed by atoms with Crippen molar-refractivity contribution >= 4 is 0 Å². The third kappa shape index (κ3) is 3.72. The zero-order valence-corrected chi connectivity index (χ0v) is 12.3. The van der Waals surface area contributed by atoms with Crippen LogP contribution < -0.4 is 22.9 Å². The van der Waals surface area contributed by atoms with Crippen LogP contribution in [-0.4, -0.2) is 65.1 Å². The van der Waals surface area contributed by atoms with Gasteiger partial charge in [0.15, 0.2) is 6.29 Å². The number of hydrogen-bond acceptors (Lipinski definition) is 8. The van der Waals surface area contributed by atoms with Gasteiger partial charge in [0.1, 0.15) is 12.2 Å². The smallest absolute Gasteiger partial charge is 0.173 e. The molecule has 1 saturated carbocycles. The highest BCUT2D eigenvalue weighted by molar-refractivity contribution is 4.98. The van der Waals surface area contributed by atoms with Crippen LogP contribution in [-0.2, 0) is 9.47 Å². The molecule has 1 aliphatic heterocycles. The molecule has 10 N–H and O–H groups in total. The number of nitrogens with two attached hydrogens (primary N) is 4.